The molecule has 5 aromatic rings. The fraction of sp³-hybridized carbons (Fsp3) is 0.143. The summed E-state index contributed by atoms with van der Waals surface area (Å²) in [6.45, 7) is 5.98. The highest BCUT2D eigenvalue weighted by Crippen LogP contribution is 2.31. The third kappa shape index (κ3) is 5.24. The van der Waals surface area contributed by atoms with Crippen LogP contribution in [0.4, 0.5) is 5.13 Å². The molecule has 0 bridgehead atoms. The molecule has 0 aliphatic rings. The van der Waals surface area contributed by atoms with Crippen LogP contribution in [0.15, 0.2) is 89.4 Å². The van der Waals surface area contributed by atoms with Crippen molar-refractivity contribution in [1.29, 1.82) is 0 Å². The molecule has 0 spiro atoms. The first kappa shape index (κ1) is 24.0. The van der Waals surface area contributed by atoms with Crippen molar-refractivity contribution in [3.63, 3.8) is 0 Å². The Morgan fingerprint density at radius 2 is 1.67 bits per heavy atom. The number of rotatable bonds is 7. The molecule has 0 radical (unpaired) electrons. The standard InChI is InChI=1S/C28H25N5OS2/c1-18-12-14-23(15-13-18)33-25(22-11-7-8-19(2)16-22)31-32-28(33)36-20(3)26(34)30-27-29-24(17-35-27)21-9-5-4-6-10-21/h4-17,20H,1-3H3,(H,29,30,34)/t20-/m1/s1. The minimum Gasteiger partial charge on any atom is -0.301 e. The molecular weight excluding hydrogens is 486 g/mol. The van der Waals surface area contributed by atoms with Crippen molar-refractivity contribution in [3.8, 4) is 28.3 Å². The lowest BCUT2D eigenvalue weighted by molar-refractivity contribution is -0.115. The lowest BCUT2D eigenvalue weighted by atomic mass is 10.1. The van der Waals surface area contributed by atoms with E-state index >= 15 is 0 Å². The van der Waals surface area contributed by atoms with E-state index in [1.54, 1.807) is 0 Å². The van der Waals surface area contributed by atoms with Crippen LogP contribution in [0.1, 0.15) is 18.1 Å². The fourth-order valence-electron chi connectivity index (χ4n) is 3.74. The zero-order valence-corrected chi connectivity index (χ0v) is 21.8. The van der Waals surface area contributed by atoms with Crippen LogP contribution in [0.5, 0.6) is 0 Å². The molecule has 1 N–H and O–H groups in total. The van der Waals surface area contributed by atoms with Crippen molar-refractivity contribution in [2.45, 2.75) is 31.2 Å². The molecule has 0 saturated heterocycles. The van der Waals surface area contributed by atoms with Crippen LogP contribution in [0.25, 0.3) is 28.3 Å². The number of nitrogens with one attached hydrogen (secondary N) is 1. The van der Waals surface area contributed by atoms with Gasteiger partial charge in [0.2, 0.25) is 5.91 Å². The first-order valence-corrected chi connectivity index (χ1v) is 13.3. The average Bonchev–Trinajstić information content (AvgIpc) is 3.52. The number of nitrogens with zero attached hydrogens (tertiary/aromatic N) is 4. The molecule has 0 unspecified atom stereocenters. The topological polar surface area (TPSA) is 72.7 Å². The first-order chi connectivity index (χ1) is 17.5. The third-order valence-electron chi connectivity index (χ3n) is 5.66. The van der Waals surface area contributed by atoms with Crippen LogP contribution in [0, 0.1) is 13.8 Å². The van der Waals surface area contributed by atoms with Crippen molar-refractivity contribution in [2.75, 3.05) is 5.32 Å². The molecule has 1 amide bonds. The second kappa shape index (κ2) is 10.5. The Kier molecular flexibility index (Phi) is 6.97. The summed E-state index contributed by atoms with van der Waals surface area (Å²) in [6, 6.07) is 26.3. The number of hydrogen-bond acceptors (Lipinski definition) is 6. The summed E-state index contributed by atoms with van der Waals surface area (Å²) < 4.78 is 2.01. The molecule has 0 aliphatic carbocycles. The van der Waals surface area contributed by atoms with Crippen LogP contribution in [-0.2, 0) is 4.79 Å². The maximum absolute atomic E-state index is 13.1. The number of aryl methyl sites for hydroxylation is 2. The minimum absolute atomic E-state index is 0.135. The normalized spacial score (nSPS) is 11.9. The summed E-state index contributed by atoms with van der Waals surface area (Å²) in [5.74, 6) is 0.606. The van der Waals surface area contributed by atoms with E-state index in [0.717, 1.165) is 33.9 Å². The molecule has 180 valence electrons. The molecule has 6 nitrogen and oxygen atoms in total. The number of amides is 1. The quantitative estimate of drug-likeness (QED) is 0.244. The molecule has 2 aromatic heterocycles. The monoisotopic (exact) mass is 511 g/mol. The molecule has 0 saturated carbocycles. The number of carbonyl (C=O) groups excluding carboxylic acids is 1. The Bertz CT molecular complexity index is 1490. The van der Waals surface area contributed by atoms with Gasteiger partial charge in [-0.1, -0.05) is 83.6 Å². The van der Waals surface area contributed by atoms with Gasteiger partial charge in [-0.3, -0.25) is 9.36 Å². The molecule has 3 aromatic carbocycles. The minimum atomic E-state index is -0.409. The molecule has 1 atom stereocenters. The van der Waals surface area contributed by atoms with Crippen LogP contribution in [0.3, 0.4) is 0 Å². The van der Waals surface area contributed by atoms with E-state index in [0.29, 0.717) is 10.3 Å². The zero-order chi connectivity index (χ0) is 25.1. The number of aromatic nitrogens is 4. The lowest BCUT2D eigenvalue weighted by Crippen LogP contribution is -2.22. The van der Waals surface area contributed by atoms with Crippen LogP contribution in [-0.4, -0.2) is 30.9 Å². The Labute approximate surface area is 218 Å². The van der Waals surface area contributed by atoms with Crippen molar-refractivity contribution in [3.05, 3.63) is 95.4 Å². The van der Waals surface area contributed by atoms with Gasteiger partial charge in [-0.2, -0.15) is 0 Å². The summed E-state index contributed by atoms with van der Waals surface area (Å²) >= 11 is 2.79. The van der Waals surface area contributed by atoms with E-state index in [1.165, 1.54) is 28.7 Å². The van der Waals surface area contributed by atoms with Crippen molar-refractivity contribution < 1.29 is 4.79 Å². The predicted octanol–water partition coefficient (Wildman–Crippen LogP) is 6.79. The van der Waals surface area contributed by atoms with E-state index in [2.05, 4.69) is 58.6 Å². The molecular formula is C28H25N5OS2. The van der Waals surface area contributed by atoms with Gasteiger partial charge in [0.25, 0.3) is 0 Å². The van der Waals surface area contributed by atoms with Gasteiger partial charge in [-0.15, -0.1) is 21.5 Å². The Morgan fingerprint density at radius 1 is 0.917 bits per heavy atom. The van der Waals surface area contributed by atoms with Gasteiger partial charge in [0.15, 0.2) is 16.1 Å². The Morgan fingerprint density at radius 3 is 2.42 bits per heavy atom. The van der Waals surface area contributed by atoms with E-state index in [-0.39, 0.29) is 5.91 Å². The fourth-order valence-corrected chi connectivity index (χ4v) is 5.33. The maximum Gasteiger partial charge on any atom is 0.239 e. The van der Waals surface area contributed by atoms with Crippen molar-refractivity contribution in [2.24, 2.45) is 0 Å². The van der Waals surface area contributed by atoms with Gasteiger partial charge in [0, 0.05) is 22.2 Å². The number of thioether (sulfide) groups is 1. The molecule has 0 aliphatic heterocycles. The van der Waals surface area contributed by atoms with Crippen molar-refractivity contribution in [1.82, 2.24) is 19.7 Å². The summed E-state index contributed by atoms with van der Waals surface area (Å²) in [5.41, 5.74) is 6.10. The van der Waals surface area contributed by atoms with E-state index in [1.807, 2.05) is 71.5 Å². The molecule has 5 rings (SSSR count). The smallest absolute Gasteiger partial charge is 0.239 e. The summed E-state index contributed by atoms with van der Waals surface area (Å²) in [5, 5.41) is 14.7. The van der Waals surface area contributed by atoms with Crippen LogP contribution < -0.4 is 5.32 Å². The summed E-state index contributed by atoms with van der Waals surface area (Å²) in [4.78, 5) is 17.6. The van der Waals surface area contributed by atoms with Gasteiger partial charge in [-0.05, 0) is 39.0 Å². The van der Waals surface area contributed by atoms with E-state index in [9.17, 15) is 4.79 Å². The number of anilines is 1. The predicted molar refractivity (Wildman–Crippen MR) is 148 cm³/mol. The van der Waals surface area contributed by atoms with Crippen LogP contribution in [0.2, 0.25) is 0 Å². The highest BCUT2D eigenvalue weighted by Gasteiger charge is 2.23. The second-order valence-corrected chi connectivity index (χ2v) is 10.7. The SMILES string of the molecule is Cc1ccc(-n2c(S[C@H](C)C(=O)Nc3nc(-c4ccccc4)cs3)nnc2-c2cccc(C)c2)cc1. The lowest BCUT2D eigenvalue weighted by Gasteiger charge is -2.14. The number of thiazole rings is 1. The molecule has 8 heteroatoms. The summed E-state index contributed by atoms with van der Waals surface area (Å²) in [7, 11) is 0. The Hall–Kier alpha value is -3.75. The number of benzene rings is 3. The average molecular weight is 512 g/mol. The highest BCUT2D eigenvalue weighted by molar-refractivity contribution is 8.00. The molecule has 0 fully saturated rings. The number of carbonyl (C=O) groups is 1. The van der Waals surface area contributed by atoms with Crippen LogP contribution >= 0.6 is 23.1 Å². The van der Waals surface area contributed by atoms with Crippen molar-refractivity contribution >= 4 is 34.1 Å². The van der Waals surface area contributed by atoms with Gasteiger partial charge < -0.3 is 5.32 Å². The van der Waals surface area contributed by atoms with Gasteiger partial charge in [0.1, 0.15) is 0 Å². The maximum atomic E-state index is 13.1. The molecule has 2 heterocycles. The van der Waals surface area contributed by atoms with Gasteiger partial charge >= 0.3 is 0 Å². The second-order valence-electron chi connectivity index (χ2n) is 8.50. The van der Waals surface area contributed by atoms with Gasteiger partial charge in [-0.25, -0.2) is 4.98 Å². The number of hydrogen-bond donors (Lipinski definition) is 1. The third-order valence-corrected chi connectivity index (χ3v) is 7.46. The highest BCUT2D eigenvalue weighted by atomic mass is 32.2. The van der Waals surface area contributed by atoms with E-state index in [4.69, 9.17) is 0 Å². The zero-order valence-electron chi connectivity index (χ0n) is 20.2. The largest absolute Gasteiger partial charge is 0.301 e. The summed E-state index contributed by atoms with van der Waals surface area (Å²) in [6.07, 6.45) is 0. The van der Waals surface area contributed by atoms with Gasteiger partial charge in [0.05, 0.1) is 10.9 Å². The Balaban J connectivity index is 1.39. The first-order valence-electron chi connectivity index (χ1n) is 11.6. The molecule has 36 heavy (non-hydrogen) atoms. The van der Waals surface area contributed by atoms with E-state index < -0.39 is 5.25 Å².